The number of aromatic nitrogens is 5. The highest BCUT2D eigenvalue weighted by atomic mass is 15.4. The second kappa shape index (κ2) is 3.83. The standard InChI is InChI=1S/C12H14N6/c1-8-5-4-6-11-14-12(16-18(8)11)13-10-7-17(3)15-9(10)2/h4-7H,1-3H3,(H,13,16). The molecule has 0 aromatic carbocycles. The van der Waals surface area contributed by atoms with Gasteiger partial charge in [0.1, 0.15) is 0 Å². The van der Waals surface area contributed by atoms with Gasteiger partial charge in [-0.05, 0) is 26.0 Å². The lowest BCUT2D eigenvalue weighted by molar-refractivity contribution is 0.756. The van der Waals surface area contributed by atoms with Crippen LogP contribution in [0.4, 0.5) is 11.6 Å². The van der Waals surface area contributed by atoms with Crippen LogP contribution >= 0.6 is 0 Å². The summed E-state index contributed by atoms with van der Waals surface area (Å²) in [5.74, 6) is 0.584. The molecule has 0 saturated carbocycles. The number of hydrogen-bond donors (Lipinski definition) is 1. The average Bonchev–Trinajstić information content (AvgIpc) is 2.84. The van der Waals surface area contributed by atoms with Crippen molar-refractivity contribution in [3.63, 3.8) is 0 Å². The summed E-state index contributed by atoms with van der Waals surface area (Å²) in [4.78, 5) is 4.42. The van der Waals surface area contributed by atoms with Crippen molar-refractivity contribution in [3.8, 4) is 0 Å². The van der Waals surface area contributed by atoms with Crippen LogP contribution < -0.4 is 5.32 Å². The van der Waals surface area contributed by atoms with Gasteiger partial charge in [0.25, 0.3) is 0 Å². The Kier molecular flexibility index (Phi) is 2.29. The number of nitrogens with zero attached hydrogens (tertiary/aromatic N) is 5. The number of hydrogen-bond acceptors (Lipinski definition) is 4. The zero-order chi connectivity index (χ0) is 12.7. The van der Waals surface area contributed by atoms with Crippen LogP contribution in [0.15, 0.2) is 24.4 Å². The first-order valence-corrected chi connectivity index (χ1v) is 5.73. The van der Waals surface area contributed by atoms with Gasteiger partial charge in [0.05, 0.1) is 11.4 Å². The van der Waals surface area contributed by atoms with E-state index in [9.17, 15) is 0 Å². The Bertz CT molecular complexity index is 709. The third-order valence-electron chi connectivity index (χ3n) is 2.81. The van der Waals surface area contributed by atoms with Crippen LogP contribution in [-0.2, 0) is 7.05 Å². The molecule has 0 aliphatic rings. The molecule has 3 aromatic rings. The van der Waals surface area contributed by atoms with E-state index in [1.54, 1.807) is 4.68 Å². The van der Waals surface area contributed by atoms with Gasteiger partial charge in [0, 0.05) is 18.9 Å². The SMILES string of the molecule is Cc1nn(C)cc1Nc1nc2cccc(C)n2n1. The first-order chi connectivity index (χ1) is 8.63. The molecule has 1 N–H and O–H groups in total. The minimum Gasteiger partial charge on any atom is -0.320 e. The Morgan fingerprint density at radius 2 is 2.00 bits per heavy atom. The molecule has 0 fully saturated rings. The van der Waals surface area contributed by atoms with Gasteiger partial charge in [-0.2, -0.15) is 10.1 Å². The normalized spacial score (nSPS) is 11.1. The van der Waals surface area contributed by atoms with Gasteiger partial charge in [0.2, 0.25) is 5.95 Å². The summed E-state index contributed by atoms with van der Waals surface area (Å²) in [5.41, 5.74) is 3.73. The number of anilines is 2. The molecule has 18 heavy (non-hydrogen) atoms. The van der Waals surface area contributed by atoms with Gasteiger partial charge in [-0.3, -0.25) is 4.68 Å². The Morgan fingerprint density at radius 3 is 2.67 bits per heavy atom. The number of pyridine rings is 1. The van der Waals surface area contributed by atoms with Crippen molar-refractivity contribution in [1.29, 1.82) is 0 Å². The second-order valence-corrected chi connectivity index (χ2v) is 4.30. The molecular weight excluding hydrogens is 228 g/mol. The summed E-state index contributed by atoms with van der Waals surface area (Å²) in [6.07, 6.45) is 1.91. The van der Waals surface area contributed by atoms with E-state index in [0.717, 1.165) is 22.7 Å². The molecule has 6 heteroatoms. The molecule has 0 aliphatic carbocycles. The molecule has 0 spiro atoms. The molecule has 0 amide bonds. The van der Waals surface area contributed by atoms with Crippen molar-refractivity contribution in [1.82, 2.24) is 24.4 Å². The van der Waals surface area contributed by atoms with E-state index in [1.165, 1.54) is 0 Å². The molecule has 3 heterocycles. The van der Waals surface area contributed by atoms with Crippen LogP contribution in [0.1, 0.15) is 11.4 Å². The molecule has 0 bridgehead atoms. The quantitative estimate of drug-likeness (QED) is 0.744. The fraction of sp³-hybridized carbons (Fsp3) is 0.250. The lowest BCUT2D eigenvalue weighted by Crippen LogP contribution is -1.95. The molecule has 0 saturated heterocycles. The average molecular weight is 242 g/mol. The molecule has 0 aliphatic heterocycles. The van der Waals surface area contributed by atoms with Crippen LogP contribution in [-0.4, -0.2) is 24.4 Å². The maximum Gasteiger partial charge on any atom is 0.247 e. The predicted octanol–water partition coefficient (Wildman–Crippen LogP) is 1.82. The minimum absolute atomic E-state index is 0.584. The van der Waals surface area contributed by atoms with E-state index in [4.69, 9.17) is 0 Å². The van der Waals surface area contributed by atoms with Crippen molar-refractivity contribution in [2.24, 2.45) is 7.05 Å². The summed E-state index contributed by atoms with van der Waals surface area (Å²) in [7, 11) is 1.89. The molecule has 3 aromatic heterocycles. The fourth-order valence-corrected chi connectivity index (χ4v) is 1.93. The number of aryl methyl sites for hydroxylation is 3. The third kappa shape index (κ3) is 1.71. The molecule has 3 rings (SSSR count). The first-order valence-electron chi connectivity index (χ1n) is 5.73. The van der Waals surface area contributed by atoms with Gasteiger partial charge in [-0.15, -0.1) is 5.10 Å². The van der Waals surface area contributed by atoms with E-state index in [1.807, 2.05) is 49.8 Å². The van der Waals surface area contributed by atoms with Crippen molar-refractivity contribution < 1.29 is 0 Å². The van der Waals surface area contributed by atoms with E-state index in [-0.39, 0.29) is 0 Å². The predicted molar refractivity (Wildman–Crippen MR) is 69.0 cm³/mol. The van der Waals surface area contributed by atoms with E-state index in [0.29, 0.717) is 5.95 Å². The van der Waals surface area contributed by atoms with Gasteiger partial charge >= 0.3 is 0 Å². The zero-order valence-corrected chi connectivity index (χ0v) is 10.5. The number of fused-ring (bicyclic) bond motifs is 1. The van der Waals surface area contributed by atoms with Crippen LogP contribution in [0.3, 0.4) is 0 Å². The zero-order valence-electron chi connectivity index (χ0n) is 10.5. The molecule has 92 valence electrons. The maximum absolute atomic E-state index is 4.42. The summed E-state index contributed by atoms with van der Waals surface area (Å²) < 4.78 is 3.58. The molecule has 0 atom stereocenters. The van der Waals surface area contributed by atoms with Crippen molar-refractivity contribution in [2.75, 3.05) is 5.32 Å². The highest BCUT2D eigenvalue weighted by Gasteiger charge is 2.08. The van der Waals surface area contributed by atoms with Gasteiger partial charge in [-0.25, -0.2) is 4.52 Å². The van der Waals surface area contributed by atoms with Crippen molar-refractivity contribution in [2.45, 2.75) is 13.8 Å². The molecule has 0 radical (unpaired) electrons. The highest BCUT2D eigenvalue weighted by molar-refractivity contribution is 5.57. The molecule has 6 nitrogen and oxygen atoms in total. The Hall–Kier alpha value is -2.37. The first kappa shape index (κ1) is 10.8. The minimum atomic E-state index is 0.584. The monoisotopic (exact) mass is 242 g/mol. The van der Waals surface area contributed by atoms with Crippen LogP contribution in [0, 0.1) is 13.8 Å². The van der Waals surface area contributed by atoms with Crippen LogP contribution in [0.2, 0.25) is 0 Å². The number of nitrogens with one attached hydrogen (secondary N) is 1. The van der Waals surface area contributed by atoms with E-state index in [2.05, 4.69) is 20.5 Å². The van der Waals surface area contributed by atoms with Crippen molar-refractivity contribution >= 4 is 17.3 Å². The smallest absolute Gasteiger partial charge is 0.247 e. The highest BCUT2D eigenvalue weighted by Crippen LogP contribution is 2.17. The van der Waals surface area contributed by atoms with E-state index >= 15 is 0 Å². The molecular formula is C12H14N6. The fourth-order valence-electron chi connectivity index (χ4n) is 1.93. The molecule has 0 unspecified atom stereocenters. The maximum atomic E-state index is 4.42. The Balaban J connectivity index is 2.00. The lowest BCUT2D eigenvalue weighted by Gasteiger charge is -1.97. The summed E-state index contributed by atoms with van der Waals surface area (Å²) in [6, 6.07) is 5.90. The number of rotatable bonds is 2. The van der Waals surface area contributed by atoms with Gasteiger partial charge < -0.3 is 5.32 Å². The second-order valence-electron chi connectivity index (χ2n) is 4.30. The Morgan fingerprint density at radius 1 is 1.17 bits per heavy atom. The lowest BCUT2D eigenvalue weighted by atomic mass is 10.4. The topological polar surface area (TPSA) is 60.0 Å². The third-order valence-corrected chi connectivity index (χ3v) is 2.81. The van der Waals surface area contributed by atoms with Crippen LogP contribution in [0.25, 0.3) is 5.65 Å². The van der Waals surface area contributed by atoms with Gasteiger partial charge in [0.15, 0.2) is 5.65 Å². The van der Waals surface area contributed by atoms with Gasteiger partial charge in [-0.1, -0.05) is 6.07 Å². The van der Waals surface area contributed by atoms with E-state index < -0.39 is 0 Å². The summed E-state index contributed by atoms with van der Waals surface area (Å²) >= 11 is 0. The summed E-state index contributed by atoms with van der Waals surface area (Å²) in [6.45, 7) is 3.95. The van der Waals surface area contributed by atoms with Crippen molar-refractivity contribution in [3.05, 3.63) is 35.8 Å². The summed E-state index contributed by atoms with van der Waals surface area (Å²) in [5, 5.41) is 11.9. The largest absolute Gasteiger partial charge is 0.320 e. The van der Waals surface area contributed by atoms with Crippen LogP contribution in [0.5, 0.6) is 0 Å². The Labute approximate surface area is 104 Å².